The molecule has 0 aromatic carbocycles. The van der Waals surface area contributed by atoms with Gasteiger partial charge in [0, 0.05) is 12.8 Å². The molecule has 0 saturated heterocycles. The lowest BCUT2D eigenvalue weighted by Crippen LogP contribution is -2.45. The average molecular weight is 1100 g/mol. The summed E-state index contributed by atoms with van der Waals surface area (Å²) >= 11 is 0. The Bertz CT molecular complexity index is 1260. The molecule has 0 aromatic heterocycles. The van der Waals surface area contributed by atoms with Crippen LogP contribution in [0.4, 0.5) is 0 Å². The molecule has 0 heterocycles. The van der Waals surface area contributed by atoms with Crippen molar-refractivity contribution in [2.75, 3.05) is 13.2 Å². The summed E-state index contributed by atoms with van der Waals surface area (Å²) in [5.41, 5.74) is 0. The fraction of sp³-hybridized carbons (Fsp3) is 0.889. The number of carbonyl (C=O) groups is 2. The number of hydrogen-bond donors (Lipinski definition) is 3. The molecule has 0 aromatic rings. The first kappa shape index (κ1) is 76.1. The van der Waals surface area contributed by atoms with E-state index in [1.807, 2.05) is 0 Å². The van der Waals surface area contributed by atoms with Crippen molar-refractivity contribution in [3.8, 4) is 0 Å². The van der Waals surface area contributed by atoms with Gasteiger partial charge in [-0.3, -0.25) is 9.59 Å². The van der Waals surface area contributed by atoms with Gasteiger partial charge in [0.15, 0.2) is 0 Å². The fourth-order valence-electron chi connectivity index (χ4n) is 11.0. The Hall–Kier alpha value is -1.92. The average Bonchev–Trinajstić information content (AvgIpc) is 3.44. The zero-order chi connectivity index (χ0) is 56.4. The molecule has 460 valence electrons. The molecule has 0 aliphatic heterocycles. The van der Waals surface area contributed by atoms with E-state index in [4.69, 9.17) is 4.74 Å². The maximum Gasteiger partial charge on any atom is 0.305 e. The third-order valence-corrected chi connectivity index (χ3v) is 16.4. The van der Waals surface area contributed by atoms with Gasteiger partial charge in [-0.25, -0.2) is 0 Å². The zero-order valence-corrected chi connectivity index (χ0v) is 52.7. The molecule has 0 rings (SSSR count). The standard InChI is InChI=1S/C72H137NO5/c1-3-5-7-9-11-13-15-17-19-32-36-40-44-48-52-56-60-64-70(75)69(68-74)73-71(76)65-61-57-53-49-45-41-37-34-30-28-26-24-22-21-23-25-27-29-31-35-39-43-47-51-55-59-63-67-78-72(77)66-62-58-54-50-46-42-38-33-20-18-16-14-12-10-8-6-4-2/h12,14,18,20-22,69-70,74-75H,3-11,13,15-17,19,23-68H2,1-2H3,(H,73,76)/b14-12-,20-18-,22-21-. The van der Waals surface area contributed by atoms with E-state index in [-0.39, 0.29) is 18.5 Å². The first-order valence-corrected chi connectivity index (χ1v) is 35.2. The Kier molecular flexibility index (Phi) is 65.9. The van der Waals surface area contributed by atoms with Crippen molar-refractivity contribution in [3.63, 3.8) is 0 Å². The lowest BCUT2D eigenvalue weighted by atomic mass is 10.0. The maximum atomic E-state index is 12.5. The number of carbonyl (C=O) groups excluding carboxylic acids is 2. The predicted molar refractivity (Wildman–Crippen MR) is 343 cm³/mol. The third-order valence-electron chi connectivity index (χ3n) is 16.4. The van der Waals surface area contributed by atoms with E-state index in [0.717, 1.165) is 51.4 Å². The number of hydrogen-bond acceptors (Lipinski definition) is 5. The van der Waals surface area contributed by atoms with Gasteiger partial charge in [-0.05, 0) is 83.5 Å². The molecular formula is C72H137NO5. The Morgan fingerprint density at radius 1 is 0.359 bits per heavy atom. The molecule has 0 spiro atoms. The number of unbranched alkanes of at least 4 members (excludes halogenated alkanes) is 49. The van der Waals surface area contributed by atoms with Gasteiger partial charge in [0.2, 0.25) is 5.91 Å². The zero-order valence-electron chi connectivity index (χ0n) is 52.7. The second kappa shape index (κ2) is 67.6. The van der Waals surface area contributed by atoms with E-state index >= 15 is 0 Å². The van der Waals surface area contributed by atoms with Crippen molar-refractivity contribution in [1.82, 2.24) is 5.32 Å². The smallest absolute Gasteiger partial charge is 0.305 e. The van der Waals surface area contributed by atoms with Crippen LogP contribution in [0, 0.1) is 0 Å². The molecule has 2 atom stereocenters. The van der Waals surface area contributed by atoms with Crippen molar-refractivity contribution >= 4 is 11.9 Å². The van der Waals surface area contributed by atoms with Crippen molar-refractivity contribution in [2.24, 2.45) is 0 Å². The van der Waals surface area contributed by atoms with Crippen LogP contribution in [0.3, 0.4) is 0 Å². The summed E-state index contributed by atoms with van der Waals surface area (Å²) in [6, 6.07) is -0.543. The first-order valence-electron chi connectivity index (χ1n) is 35.2. The number of amides is 1. The summed E-state index contributed by atoms with van der Waals surface area (Å²) in [4.78, 5) is 24.6. The first-order chi connectivity index (χ1) is 38.5. The van der Waals surface area contributed by atoms with Crippen LogP contribution in [0.15, 0.2) is 36.5 Å². The van der Waals surface area contributed by atoms with Gasteiger partial charge in [0.1, 0.15) is 0 Å². The normalized spacial score (nSPS) is 12.7. The molecule has 2 unspecified atom stereocenters. The Morgan fingerprint density at radius 2 is 0.641 bits per heavy atom. The molecule has 3 N–H and O–H groups in total. The summed E-state index contributed by atoms with van der Waals surface area (Å²) in [6.45, 7) is 4.95. The molecule has 0 bridgehead atoms. The summed E-state index contributed by atoms with van der Waals surface area (Å²) in [7, 11) is 0. The van der Waals surface area contributed by atoms with Crippen LogP contribution in [0.2, 0.25) is 0 Å². The number of aliphatic hydroxyl groups is 2. The Labute approximate surface area is 487 Å². The largest absolute Gasteiger partial charge is 0.466 e. The van der Waals surface area contributed by atoms with E-state index in [1.165, 1.54) is 302 Å². The van der Waals surface area contributed by atoms with Crippen LogP contribution in [0.1, 0.15) is 386 Å². The van der Waals surface area contributed by atoms with Crippen LogP contribution in [0.25, 0.3) is 0 Å². The minimum Gasteiger partial charge on any atom is -0.466 e. The van der Waals surface area contributed by atoms with Crippen LogP contribution in [-0.2, 0) is 14.3 Å². The summed E-state index contributed by atoms with van der Waals surface area (Å²) in [6.07, 6.45) is 86.1. The topological polar surface area (TPSA) is 95.9 Å². The fourth-order valence-corrected chi connectivity index (χ4v) is 11.0. The Morgan fingerprint density at radius 3 is 1.01 bits per heavy atom. The van der Waals surface area contributed by atoms with Crippen LogP contribution < -0.4 is 5.32 Å². The summed E-state index contributed by atoms with van der Waals surface area (Å²) in [5.74, 6) is -0.0250. The van der Waals surface area contributed by atoms with Crippen LogP contribution in [-0.4, -0.2) is 47.4 Å². The van der Waals surface area contributed by atoms with Gasteiger partial charge in [0.05, 0.1) is 25.4 Å². The molecule has 6 nitrogen and oxygen atoms in total. The SMILES string of the molecule is CCCCC/C=C\C/C=C\CCCCCCCCCC(=O)OCCCCCCCCCCCCCC/C=C\CCCCCCCCCCCCCC(=O)NC(CO)C(O)CCCCCCCCCCCCCCCCCCC. The number of allylic oxidation sites excluding steroid dienone is 6. The molecule has 0 aliphatic rings. The highest BCUT2D eigenvalue weighted by molar-refractivity contribution is 5.76. The molecule has 6 heteroatoms. The summed E-state index contributed by atoms with van der Waals surface area (Å²) in [5, 5.41) is 23.4. The van der Waals surface area contributed by atoms with E-state index in [2.05, 4.69) is 55.6 Å². The number of rotatable bonds is 66. The van der Waals surface area contributed by atoms with Crippen LogP contribution >= 0.6 is 0 Å². The molecule has 0 radical (unpaired) electrons. The molecular weight excluding hydrogens is 959 g/mol. The Balaban J connectivity index is 3.38. The van der Waals surface area contributed by atoms with Gasteiger partial charge in [0.25, 0.3) is 0 Å². The molecule has 0 fully saturated rings. The molecule has 78 heavy (non-hydrogen) atoms. The molecule has 0 aliphatic carbocycles. The van der Waals surface area contributed by atoms with E-state index in [9.17, 15) is 19.8 Å². The van der Waals surface area contributed by atoms with Crippen molar-refractivity contribution in [1.29, 1.82) is 0 Å². The van der Waals surface area contributed by atoms with E-state index in [0.29, 0.717) is 25.9 Å². The van der Waals surface area contributed by atoms with Crippen molar-refractivity contribution in [3.05, 3.63) is 36.5 Å². The predicted octanol–water partition coefficient (Wildman–Crippen LogP) is 22.7. The van der Waals surface area contributed by atoms with Gasteiger partial charge < -0.3 is 20.3 Å². The molecule has 0 saturated carbocycles. The van der Waals surface area contributed by atoms with E-state index in [1.54, 1.807) is 0 Å². The summed E-state index contributed by atoms with van der Waals surface area (Å²) < 4.78 is 5.50. The minimum atomic E-state index is -0.665. The number of esters is 1. The minimum absolute atomic E-state index is 0.00780. The molecule has 1 amide bonds. The van der Waals surface area contributed by atoms with Crippen LogP contribution in [0.5, 0.6) is 0 Å². The van der Waals surface area contributed by atoms with Gasteiger partial charge in [-0.2, -0.15) is 0 Å². The van der Waals surface area contributed by atoms with Crippen molar-refractivity contribution < 1.29 is 24.5 Å². The van der Waals surface area contributed by atoms with Gasteiger partial charge >= 0.3 is 5.97 Å². The maximum absolute atomic E-state index is 12.5. The lowest BCUT2D eigenvalue weighted by molar-refractivity contribution is -0.143. The number of nitrogens with one attached hydrogen (secondary N) is 1. The number of ether oxygens (including phenoxy) is 1. The second-order valence-electron chi connectivity index (χ2n) is 24.2. The number of aliphatic hydroxyl groups excluding tert-OH is 2. The lowest BCUT2D eigenvalue weighted by Gasteiger charge is -2.22. The highest BCUT2D eigenvalue weighted by Gasteiger charge is 2.20. The highest BCUT2D eigenvalue weighted by atomic mass is 16.5. The highest BCUT2D eigenvalue weighted by Crippen LogP contribution is 2.18. The second-order valence-corrected chi connectivity index (χ2v) is 24.2. The monoisotopic (exact) mass is 1100 g/mol. The third kappa shape index (κ3) is 63.3. The quantitative estimate of drug-likeness (QED) is 0.0320. The van der Waals surface area contributed by atoms with Gasteiger partial charge in [-0.15, -0.1) is 0 Å². The van der Waals surface area contributed by atoms with E-state index < -0.39 is 12.1 Å². The van der Waals surface area contributed by atoms with Gasteiger partial charge in [-0.1, -0.05) is 326 Å². The van der Waals surface area contributed by atoms with Crippen molar-refractivity contribution in [2.45, 2.75) is 398 Å².